The molecule has 2 heterocycles. The summed E-state index contributed by atoms with van der Waals surface area (Å²) in [5, 5.41) is 8.44. The fraction of sp³-hybridized carbons (Fsp3) is 0.0833. The number of pyridine rings is 2. The predicted molar refractivity (Wildman–Crippen MR) is 65.5 cm³/mol. The highest BCUT2D eigenvalue weighted by atomic mass is 35.5. The van der Waals surface area contributed by atoms with Crippen molar-refractivity contribution in [3.05, 3.63) is 46.9 Å². The quantitative estimate of drug-likeness (QED) is 0.935. The van der Waals surface area contributed by atoms with Gasteiger partial charge in [0.2, 0.25) is 5.88 Å². The van der Waals surface area contributed by atoms with E-state index in [1.807, 2.05) is 0 Å². The number of hydrogen-bond donors (Lipinski definition) is 1. The fourth-order valence-corrected chi connectivity index (χ4v) is 1.56. The van der Waals surface area contributed by atoms with Crippen molar-refractivity contribution in [3.8, 4) is 11.6 Å². The van der Waals surface area contributed by atoms with Crippen LogP contribution in [0.5, 0.6) is 11.6 Å². The first-order chi connectivity index (χ1) is 9.77. The first-order valence-corrected chi connectivity index (χ1v) is 5.74. The van der Waals surface area contributed by atoms with Gasteiger partial charge in [0.25, 0.3) is 0 Å². The van der Waals surface area contributed by atoms with Gasteiger partial charge in [-0.2, -0.15) is 13.2 Å². The molecule has 0 aliphatic heterocycles. The summed E-state index contributed by atoms with van der Waals surface area (Å²) in [6.45, 7) is 0. The number of carboxylic acids is 1. The van der Waals surface area contributed by atoms with Crippen LogP contribution in [0.3, 0.4) is 0 Å². The van der Waals surface area contributed by atoms with E-state index in [1.165, 1.54) is 6.20 Å². The Balaban J connectivity index is 2.28. The maximum atomic E-state index is 12.5. The third-order valence-corrected chi connectivity index (χ3v) is 2.58. The van der Waals surface area contributed by atoms with Crippen molar-refractivity contribution in [2.75, 3.05) is 0 Å². The number of carbonyl (C=O) groups is 1. The lowest BCUT2D eigenvalue weighted by Gasteiger charge is -2.10. The average molecular weight is 319 g/mol. The van der Waals surface area contributed by atoms with Crippen molar-refractivity contribution in [3.63, 3.8) is 0 Å². The van der Waals surface area contributed by atoms with Gasteiger partial charge in [0.1, 0.15) is 10.8 Å². The normalized spacial score (nSPS) is 11.2. The van der Waals surface area contributed by atoms with Crippen molar-refractivity contribution in [1.82, 2.24) is 9.97 Å². The van der Waals surface area contributed by atoms with E-state index in [-0.39, 0.29) is 22.2 Å². The molecule has 0 saturated heterocycles. The minimum atomic E-state index is -4.57. The van der Waals surface area contributed by atoms with Crippen LogP contribution < -0.4 is 4.74 Å². The summed E-state index contributed by atoms with van der Waals surface area (Å²) in [5.41, 5.74) is -1.16. The van der Waals surface area contributed by atoms with Gasteiger partial charge in [-0.05, 0) is 12.1 Å². The molecule has 21 heavy (non-hydrogen) atoms. The summed E-state index contributed by atoms with van der Waals surface area (Å²) in [7, 11) is 0. The molecule has 0 fully saturated rings. The largest absolute Gasteiger partial charge is 0.478 e. The van der Waals surface area contributed by atoms with Gasteiger partial charge >= 0.3 is 12.1 Å². The zero-order valence-electron chi connectivity index (χ0n) is 10.1. The zero-order valence-corrected chi connectivity index (χ0v) is 10.8. The standard InChI is InChI=1S/C12H6ClF3N2O3/c13-9-2-7(12(14,15)16)4-18-10(9)21-8-1-6(11(19)20)3-17-5-8/h1-5H,(H,19,20). The summed E-state index contributed by atoms with van der Waals surface area (Å²) in [6, 6.07) is 1.81. The highest BCUT2D eigenvalue weighted by molar-refractivity contribution is 6.31. The lowest BCUT2D eigenvalue weighted by Crippen LogP contribution is -2.06. The molecule has 2 rings (SSSR count). The molecule has 0 aromatic carbocycles. The summed E-state index contributed by atoms with van der Waals surface area (Å²) in [4.78, 5) is 17.9. The molecule has 0 unspecified atom stereocenters. The SMILES string of the molecule is O=C(O)c1cncc(Oc2ncc(C(F)(F)F)cc2Cl)c1. The molecule has 0 bridgehead atoms. The summed E-state index contributed by atoms with van der Waals surface area (Å²) in [5.74, 6) is -1.52. The number of ether oxygens (including phenoxy) is 1. The second-order valence-electron chi connectivity index (χ2n) is 3.83. The van der Waals surface area contributed by atoms with Gasteiger partial charge in [-0.15, -0.1) is 0 Å². The third kappa shape index (κ3) is 3.60. The molecule has 5 nitrogen and oxygen atoms in total. The minimum Gasteiger partial charge on any atom is -0.478 e. The van der Waals surface area contributed by atoms with Gasteiger partial charge in [0, 0.05) is 12.4 Å². The Bertz CT molecular complexity index is 692. The van der Waals surface area contributed by atoms with Gasteiger partial charge in [0.05, 0.1) is 17.3 Å². The molecule has 0 atom stereocenters. The second kappa shape index (κ2) is 5.57. The lowest BCUT2D eigenvalue weighted by atomic mass is 10.3. The molecule has 0 aliphatic carbocycles. The molecular weight excluding hydrogens is 313 g/mol. The minimum absolute atomic E-state index is 0.0101. The van der Waals surface area contributed by atoms with Crippen molar-refractivity contribution in [1.29, 1.82) is 0 Å². The number of aromatic nitrogens is 2. The maximum Gasteiger partial charge on any atom is 0.417 e. The Hall–Kier alpha value is -2.35. The van der Waals surface area contributed by atoms with Gasteiger partial charge in [-0.25, -0.2) is 9.78 Å². The van der Waals surface area contributed by atoms with E-state index in [4.69, 9.17) is 21.4 Å². The predicted octanol–water partition coefficient (Wildman–Crippen LogP) is 3.64. The molecule has 2 aromatic rings. The van der Waals surface area contributed by atoms with Crippen LogP contribution in [0.15, 0.2) is 30.7 Å². The number of rotatable bonds is 3. The van der Waals surface area contributed by atoms with Crippen LogP contribution in [-0.2, 0) is 6.18 Å². The highest BCUT2D eigenvalue weighted by Crippen LogP contribution is 2.34. The number of halogens is 4. The first kappa shape index (κ1) is 15.0. The summed E-state index contributed by atoms with van der Waals surface area (Å²) >= 11 is 5.66. The van der Waals surface area contributed by atoms with Crippen LogP contribution in [0.2, 0.25) is 5.02 Å². The molecule has 2 aromatic heterocycles. The highest BCUT2D eigenvalue weighted by Gasteiger charge is 2.31. The van der Waals surface area contributed by atoms with Crippen LogP contribution >= 0.6 is 11.6 Å². The van der Waals surface area contributed by atoms with Gasteiger partial charge in [0.15, 0.2) is 0 Å². The van der Waals surface area contributed by atoms with Crippen molar-refractivity contribution < 1.29 is 27.8 Å². The van der Waals surface area contributed by atoms with Crippen LogP contribution in [0, 0.1) is 0 Å². The van der Waals surface area contributed by atoms with E-state index < -0.39 is 17.7 Å². The number of hydrogen-bond acceptors (Lipinski definition) is 4. The van der Waals surface area contributed by atoms with Crippen molar-refractivity contribution >= 4 is 17.6 Å². The number of alkyl halides is 3. The Morgan fingerprint density at radius 1 is 1.24 bits per heavy atom. The second-order valence-corrected chi connectivity index (χ2v) is 4.23. The Morgan fingerprint density at radius 3 is 2.52 bits per heavy atom. The van der Waals surface area contributed by atoms with Crippen LogP contribution in [0.25, 0.3) is 0 Å². The van der Waals surface area contributed by atoms with Crippen LogP contribution in [0.1, 0.15) is 15.9 Å². The first-order valence-electron chi connectivity index (χ1n) is 5.36. The molecule has 9 heteroatoms. The monoisotopic (exact) mass is 318 g/mol. The molecule has 1 N–H and O–H groups in total. The summed E-state index contributed by atoms with van der Waals surface area (Å²) in [6.07, 6.45) is -1.73. The van der Waals surface area contributed by atoms with Crippen molar-refractivity contribution in [2.24, 2.45) is 0 Å². The van der Waals surface area contributed by atoms with Gasteiger partial charge in [-0.1, -0.05) is 11.6 Å². The van der Waals surface area contributed by atoms with Crippen LogP contribution in [0.4, 0.5) is 13.2 Å². The zero-order chi connectivity index (χ0) is 15.6. The van der Waals surface area contributed by atoms with E-state index in [9.17, 15) is 18.0 Å². The molecular formula is C12H6ClF3N2O3. The smallest absolute Gasteiger partial charge is 0.417 e. The molecule has 0 radical (unpaired) electrons. The number of aromatic carboxylic acids is 1. The lowest BCUT2D eigenvalue weighted by molar-refractivity contribution is -0.137. The van der Waals surface area contributed by atoms with Gasteiger partial charge in [-0.3, -0.25) is 4.98 Å². The Kier molecular flexibility index (Phi) is 3.99. The van der Waals surface area contributed by atoms with E-state index in [2.05, 4.69) is 9.97 Å². The molecule has 0 amide bonds. The summed E-state index contributed by atoms with van der Waals surface area (Å²) < 4.78 is 42.5. The molecule has 0 saturated carbocycles. The number of nitrogens with zero attached hydrogens (tertiary/aromatic N) is 2. The maximum absolute atomic E-state index is 12.5. The van der Waals surface area contributed by atoms with E-state index in [1.54, 1.807) is 0 Å². The Labute approximate surface area is 121 Å². The van der Waals surface area contributed by atoms with E-state index in [0.29, 0.717) is 12.3 Å². The van der Waals surface area contributed by atoms with Gasteiger partial charge < -0.3 is 9.84 Å². The average Bonchev–Trinajstić information content (AvgIpc) is 2.40. The van der Waals surface area contributed by atoms with Crippen LogP contribution in [-0.4, -0.2) is 21.0 Å². The molecule has 0 spiro atoms. The third-order valence-electron chi connectivity index (χ3n) is 2.31. The fourth-order valence-electron chi connectivity index (χ4n) is 1.36. The van der Waals surface area contributed by atoms with E-state index >= 15 is 0 Å². The number of carboxylic acid groups (broad SMARTS) is 1. The topological polar surface area (TPSA) is 72.3 Å². The van der Waals surface area contributed by atoms with Crippen molar-refractivity contribution in [2.45, 2.75) is 6.18 Å². The molecule has 110 valence electrons. The molecule has 0 aliphatic rings. The Morgan fingerprint density at radius 2 is 1.95 bits per heavy atom. The van der Waals surface area contributed by atoms with E-state index in [0.717, 1.165) is 12.3 Å².